The van der Waals surface area contributed by atoms with E-state index in [4.69, 9.17) is 15.9 Å². The molecule has 0 unspecified atom stereocenters. The average molecular weight is 247 g/mol. The van der Waals surface area contributed by atoms with Crippen LogP contribution in [0.4, 0.5) is 4.39 Å². The van der Waals surface area contributed by atoms with Gasteiger partial charge in [0.05, 0.1) is 5.60 Å². The minimum atomic E-state index is -0.461. The Morgan fingerprint density at radius 2 is 2.11 bits per heavy atom. The highest BCUT2D eigenvalue weighted by molar-refractivity contribution is 5.31. The maximum absolute atomic E-state index is 13.6. The second-order valence-electron chi connectivity index (χ2n) is 4.51. The minimum absolute atomic E-state index is 0.291. The quantitative estimate of drug-likeness (QED) is 0.764. The molecule has 2 rings (SSSR count). The van der Waals surface area contributed by atoms with Crippen molar-refractivity contribution in [2.75, 3.05) is 20.3 Å². The monoisotopic (exact) mass is 247 g/mol. The molecular formula is C15H16FO2. The van der Waals surface area contributed by atoms with Crippen LogP contribution in [0.1, 0.15) is 24.0 Å². The van der Waals surface area contributed by atoms with Gasteiger partial charge in [0, 0.05) is 39.6 Å². The molecule has 1 heterocycles. The molecule has 1 saturated heterocycles. The molecule has 1 radical (unpaired) electrons. The van der Waals surface area contributed by atoms with Gasteiger partial charge in [0.2, 0.25) is 0 Å². The van der Waals surface area contributed by atoms with Crippen LogP contribution in [-0.4, -0.2) is 20.3 Å². The van der Waals surface area contributed by atoms with Crippen molar-refractivity contribution in [3.8, 4) is 5.92 Å². The van der Waals surface area contributed by atoms with Gasteiger partial charge in [0.1, 0.15) is 5.82 Å². The number of methoxy groups -OCH3 is 1. The first-order valence-electron chi connectivity index (χ1n) is 6.02. The second kappa shape index (κ2) is 5.51. The van der Waals surface area contributed by atoms with E-state index < -0.39 is 5.60 Å². The SMILES string of the molecule is [C]#CCc1cc(F)cc(C2(OC)CCOCC2)c1. The van der Waals surface area contributed by atoms with E-state index in [2.05, 4.69) is 5.92 Å². The number of hydrogen-bond donors (Lipinski definition) is 0. The van der Waals surface area contributed by atoms with Crippen molar-refractivity contribution < 1.29 is 13.9 Å². The number of ether oxygens (including phenoxy) is 2. The first kappa shape index (κ1) is 13.1. The Kier molecular flexibility index (Phi) is 4.00. The zero-order valence-corrected chi connectivity index (χ0v) is 10.5. The Balaban J connectivity index is 2.38. The van der Waals surface area contributed by atoms with Crippen molar-refractivity contribution in [2.24, 2.45) is 0 Å². The normalized spacial score (nSPS) is 18.3. The van der Waals surface area contributed by atoms with Crippen molar-refractivity contribution in [3.63, 3.8) is 0 Å². The van der Waals surface area contributed by atoms with Gasteiger partial charge in [-0.3, -0.25) is 0 Å². The number of rotatable bonds is 3. The third-order valence-electron chi connectivity index (χ3n) is 3.47. The summed E-state index contributed by atoms with van der Waals surface area (Å²) in [5.41, 5.74) is 1.12. The molecule has 1 aliphatic rings. The van der Waals surface area contributed by atoms with E-state index in [0.29, 0.717) is 19.6 Å². The molecule has 1 fully saturated rings. The summed E-state index contributed by atoms with van der Waals surface area (Å²) in [7, 11) is 1.65. The molecule has 0 amide bonds. The van der Waals surface area contributed by atoms with Crippen molar-refractivity contribution in [1.82, 2.24) is 0 Å². The number of halogens is 1. The third-order valence-corrected chi connectivity index (χ3v) is 3.47. The Morgan fingerprint density at radius 1 is 1.39 bits per heavy atom. The van der Waals surface area contributed by atoms with Crippen molar-refractivity contribution in [3.05, 3.63) is 41.6 Å². The summed E-state index contributed by atoms with van der Waals surface area (Å²) in [6.45, 7) is 1.24. The minimum Gasteiger partial charge on any atom is -0.381 e. The van der Waals surface area contributed by atoms with E-state index >= 15 is 0 Å². The molecule has 1 aromatic carbocycles. The maximum atomic E-state index is 13.6. The van der Waals surface area contributed by atoms with Gasteiger partial charge in [0.15, 0.2) is 0 Å². The molecule has 0 N–H and O–H groups in total. The lowest BCUT2D eigenvalue weighted by Crippen LogP contribution is -2.35. The van der Waals surface area contributed by atoms with Gasteiger partial charge in [-0.15, -0.1) is 0 Å². The van der Waals surface area contributed by atoms with Crippen LogP contribution in [0, 0.1) is 18.2 Å². The van der Waals surface area contributed by atoms with E-state index in [1.54, 1.807) is 7.11 Å². The largest absolute Gasteiger partial charge is 0.381 e. The molecule has 0 atom stereocenters. The van der Waals surface area contributed by atoms with E-state index in [9.17, 15) is 4.39 Å². The van der Waals surface area contributed by atoms with Gasteiger partial charge in [-0.2, -0.15) is 0 Å². The van der Waals surface area contributed by atoms with Crippen LogP contribution in [0.5, 0.6) is 0 Å². The van der Waals surface area contributed by atoms with Crippen LogP contribution in [0.15, 0.2) is 18.2 Å². The molecule has 0 bridgehead atoms. The topological polar surface area (TPSA) is 18.5 Å². The predicted octanol–water partition coefficient (Wildman–Crippen LogP) is 2.61. The van der Waals surface area contributed by atoms with Crippen LogP contribution >= 0.6 is 0 Å². The molecule has 18 heavy (non-hydrogen) atoms. The molecule has 0 aliphatic carbocycles. The molecular weight excluding hydrogens is 231 g/mol. The summed E-state index contributed by atoms with van der Waals surface area (Å²) >= 11 is 0. The van der Waals surface area contributed by atoms with Crippen molar-refractivity contribution >= 4 is 0 Å². The summed E-state index contributed by atoms with van der Waals surface area (Å²) in [4.78, 5) is 0. The molecule has 3 heteroatoms. The van der Waals surface area contributed by atoms with Crippen LogP contribution in [0.2, 0.25) is 0 Å². The van der Waals surface area contributed by atoms with Gasteiger partial charge < -0.3 is 9.47 Å². The third kappa shape index (κ3) is 2.55. The molecule has 1 aromatic rings. The van der Waals surface area contributed by atoms with E-state index in [-0.39, 0.29) is 5.82 Å². The molecule has 1 aliphatic heterocycles. The fourth-order valence-electron chi connectivity index (χ4n) is 2.43. The van der Waals surface area contributed by atoms with Gasteiger partial charge in [-0.25, -0.2) is 4.39 Å². The molecule has 0 spiro atoms. The summed E-state index contributed by atoms with van der Waals surface area (Å²) in [6, 6.07) is 4.86. The lowest BCUT2D eigenvalue weighted by Gasteiger charge is -2.36. The fraction of sp³-hybridized carbons (Fsp3) is 0.467. The molecule has 0 saturated carbocycles. The van der Waals surface area contributed by atoms with Crippen LogP contribution in [-0.2, 0) is 21.5 Å². The highest BCUT2D eigenvalue weighted by atomic mass is 19.1. The highest BCUT2D eigenvalue weighted by Crippen LogP contribution is 2.36. The zero-order valence-electron chi connectivity index (χ0n) is 10.5. The van der Waals surface area contributed by atoms with Crippen LogP contribution in [0.3, 0.4) is 0 Å². The number of benzene rings is 1. The average Bonchev–Trinajstić information content (AvgIpc) is 2.39. The molecule has 0 aromatic heterocycles. The Hall–Kier alpha value is -1.37. The van der Waals surface area contributed by atoms with Crippen molar-refractivity contribution in [2.45, 2.75) is 24.9 Å². The Bertz CT molecular complexity index is 456. The summed E-state index contributed by atoms with van der Waals surface area (Å²) < 4.78 is 24.6. The van der Waals surface area contributed by atoms with Crippen LogP contribution in [0.25, 0.3) is 0 Å². The van der Waals surface area contributed by atoms with Gasteiger partial charge in [-0.1, -0.05) is 12.0 Å². The summed E-state index contributed by atoms with van der Waals surface area (Å²) in [5.74, 6) is 2.00. The van der Waals surface area contributed by atoms with Gasteiger partial charge in [-0.05, 0) is 29.7 Å². The van der Waals surface area contributed by atoms with Gasteiger partial charge in [0.25, 0.3) is 0 Å². The van der Waals surface area contributed by atoms with E-state index in [1.807, 2.05) is 6.07 Å². The summed E-state index contributed by atoms with van der Waals surface area (Å²) in [5, 5.41) is 0. The van der Waals surface area contributed by atoms with Gasteiger partial charge >= 0.3 is 0 Å². The van der Waals surface area contributed by atoms with Crippen LogP contribution < -0.4 is 0 Å². The van der Waals surface area contributed by atoms with E-state index in [1.165, 1.54) is 12.1 Å². The van der Waals surface area contributed by atoms with E-state index in [0.717, 1.165) is 24.0 Å². The van der Waals surface area contributed by atoms with Crippen molar-refractivity contribution in [1.29, 1.82) is 0 Å². The zero-order chi connectivity index (χ0) is 13.0. The smallest absolute Gasteiger partial charge is 0.123 e. The Morgan fingerprint density at radius 3 is 2.72 bits per heavy atom. The first-order chi connectivity index (χ1) is 8.70. The first-order valence-corrected chi connectivity index (χ1v) is 6.02. The standard InChI is InChI=1S/C15H16FO2/c1-3-4-12-9-13(11-14(16)10-12)15(17-2)5-7-18-8-6-15/h9-11H,4-8H2,2H3. The highest BCUT2D eigenvalue weighted by Gasteiger charge is 2.34. The number of hydrogen-bond acceptors (Lipinski definition) is 2. The second-order valence-corrected chi connectivity index (χ2v) is 4.51. The summed E-state index contributed by atoms with van der Waals surface area (Å²) in [6.07, 6.45) is 8.76. The molecule has 95 valence electrons. The predicted molar refractivity (Wildman–Crippen MR) is 66.0 cm³/mol. The fourth-order valence-corrected chi connectivity index (χ4v) is 2.43. The lowest BCUT2D eigenvalue weighted by atomic mass is 9.85. The Labute approximate surface area is 107 Å². The molecule has 2 nitrogen and oxygen atoms in total. The lowest BCUT2D eigenvalue weighted by molar-refractivity contribution is -0.0949. The maximum Gasteiger partial charge on any atom is 0.123 e.